The highest BCUT2D eigenvalue weighted by molar-refractivity contribution is 7.17. The lowest BCUT2D eigenvalue weighted by molar-refractivity contribution is 0.0750. The van der Waals surface area contributed by atoms with E-state index in [1.165, 1.54) is 30.6 Å². The molecular formula is C23H29N3O3S. The molecule has 2 heterocycles. The molecule has 3 aromatic rings. The Morgan fingerprint density at radius 1 is 1.33 bits per heavy atom. The van der Waals surface area contributed by atoms with Crippen LogP contribution in [0.5, 0.6) is 5.75 Å². The fraction of sp³-hybridized carbons (Fsp3) is 0.478. The molecule has 6 nitrogen and oxygen atoms in total. The van der Waals surface area contributed by atoms with E-state index in [2.05, 4.69) is 9.88 Å². The van der Waals surface area contributed by atoms with Crippen LogP contribution in [0.2, 0.25) is 0 Å². The van der Waals surface area contributed by atoms with Crippen molar-refractivity contribution >= 4 is 21.6 Å². The quantitative estimate of drug-likeness (QED) is 0.592. The number of aromatic amines is 1. The highest BCUT2D eigenvalue weighted by Gasteiger charge is 2.23. The van der Waals surface area contributed by atoms with E-state index in [1.54, 1.807) is 7.11 Å². The number of ether oxygens (including phenoxy) is 1. The van der Waals surface area contributed by atoms with Crippen molar-refractivity contribution in [2.45, 2.75) is 57.7 Å². The molecule has 4 rings (SSSR count). The summed E-state index contributed by atoms with van der Waals surface area (Å²) in [5, 5.41) is 12.6. The van der Waals surface area contributed by atoms with Crippen LogP contribution in [0.25, 0.3) is 21.3 Å². The average molecular weight is 428 g/mol. The lowest BCUT2D eigenvalue weighted by atomic mass is 9.94. The van der Waals surface area contributed by atoms with Gasteiger partial charge < -0.3 is 14.8 Å². The Labute approximate surface area is 180 Å². The third-order valence-electron chi connectivity index (χ3n) is 5.82. The number of aliphatic hydroxyl groups is 1. The zero-order chi connectivity index (χ0) is 21.1. The van der Waals surface area contributed by atoms with Gasteiger partial charge in [-0.3, -0.25) is 9.69 Å². The molecular weight excluding hydrogens is 398 g/mol. The molecule has 0 spiro atoms. The number of aromatic nitrogens is 2. The SMILES string of the molecule is COc1cccc(-c2csc3nc(CN(CC(C)O)C4CCCCC4)[nH]c(=O)c23)c1. The number of H-pyrrole nitrogens is 1. The van der Waals surface area contributed by atoms with Gasteiger partial charge in [-0.2, -0.15) is 0 Å². The van der Waals surface area contributed by atoms with E-state index in [1.807, 2.05) is 36.6 Å². The summed E-state index contributed by atoms with van der Waals surface area (Å²) in [6.45, 7) is 2.95. The smallest absolute Gasteiger partial charge is 0.260 e. The third-order valence-corrected chi connectivity index (χ3v) is 6.69. The van der Waals surface area contributed by atoms with Gasteiger partial charge in [0.15, 0.2) is 0 Å². The molecule has 1 unspecified atom stereocenters. The van der Waals surface area contributed by atoms with Crippen LogP contribution >= 0.6 is 11.3 Å². The second kappa shape index (κ2) is 9.29. The number of hydrogen-bond donors (Lipinski definition) is 2. The van der Waals surface area contributed by atoms with Gasteiger partial charge in [0.25, 0.3) is 5.56 Å². The number of rotatable bonds is 7. The molecule has 0 aliphatic heterocycles. The van der Waals surface area contributed by atoms with Crippen LogP contribution in [-0.2, 0) is 6.54 Å². The zero-order valence-corrected chi connectivity index (χ0v) is 18.4. The highest BCUT2D eigenvalue weighted by Crippen LogP contribution is 2.32. The molecule has 1 saturated carbocycles. The minimum atomic E-state index is -0.413. The van der Waals surface area contributed by atoms with Crippen molar-refractivity contribution in [3.05, 3.63) is 45.8 Å². The number of thiophene rings is 1. The molecule has 160 valence electrons. The van der Waals surface area contributed by atoms with E-state index >= 15 is 0 Å². The first-order valence-electron chi connectivity index (χ1n) is 10.6. The molecule has 1 fully saturated rings. The Hall–Kier alpha value is -2.22. The van der Waals surface area contributed by atoms with Crippen molar-refractivity contribution in [1.29, 1.82) is 0 Å². The first-order valence-corrected chi connectivity index (χ1v) is 11.5. The Bertz CT molecular complexity index is 1050. The summed E-state index contributed by atoms with van der Waals surface area (Å²) in [6, 6.07) is 8.16. The number of nitrogens with zero attached hydrogens (tertiary/aromatic N) is 2. The minimum absolute atomic E-state index is 0.116. The number of benzene rings is 1. The number of nitrogens with one attached hydrogen (secondary N) is 1. The second-order valence-corrected chi connectivity index (χ2v) is 9.00. The van der Waals surface area contributed by atoms with Crippen LogP contribution in [0, 0.1) is 0 Å². The Morgan fingerprint density at radius 3 is 2.87 bits per heavy atom. The first-order chi connectivity index (χ1) is 14.5. The molecule has 0 radical (unpaired) electrons. The Morgan fingerprint density at radius 2 is 2.13 bits per heavy atom. The summed E-state index contributed by atoms with van der Waals surface area (Å²) in [5.41, 5.74) is 1.70. The number of fused-ring (bicyclic) bond motifs is 1. The molecule has 0 saturated heterocycles. The molecule has 1 aliphatic carbocycles. The Balaban J connectivity index is 1.65. The topological polar surface area (TPSA) is 78.5 Å². The van der Waals surface area contributed by atoms with Gasteiger partial charge in [0, 0.05) is 23.5 Å². The Kier molecular flexibility index (Phi) is 6.51. The van der Waals surface area contributed by atoms with E-state index in [-0.39, 0.29) is 5.56 Å². The lowest BCUT2D eigenvalue weighted by Crippen LogP contribution is -2.41. The van der Waals surface area contributed by atoms with Gasteiger partial charge in [-0.25, -0.2) is 4.98 Å². The molecule has 1 atom stereocenters. The summed E-state index contributed by atoms with van der Waals surface area (Å²) in [6.07, 6.45) is 5.58. The second-order valence-electron chi connectivity index (χ2n) is 8.14. The highest BCUT2D eigenvalue weighted by atomic mass is 32.1. The number of hydrogen-bond acceptors (Lipinski definition) is 6. The van der Waals surface area contributed by atoms with E-state index in [9.17, 15) is 9.90 Å². The van der Waals surface area contributed by atoms with Crippen molar-refractivity contribution in [3.63, 3.8) is 0 Å². The number of methoxy groups -OCH3 is 1. The normalized spacial score (nSPS) is 16.3. The maximum absolute atomic E-state index is 13.0. The maximum atomic E-state index is 13.0. The van der Waals surface area contributed by atoms with Gasteiger partial charge in [0.2, 0.25) is 0 Å². The first kappa shape index (κ1) is 21.0. The standard InChI is InChI=1S/C23H29N3O3S/c1-15(27)12-26(17-8-4-3-5-9-17)13-20-24-22(28)21-19(14-30-23(21)25-20)16-7-6-10-18(11-16)29-2/h6-7,10-11,14-15,17,27H,3-5,8-9,12-13H2,1-2H3,(H,24,25,28). The molecule has 30 heavy (non-hydrogen) atoms. The molecule has 2 aromatic heterocycles. The fourth-order valence-electron chi connectivity index (χ4n) is 4.39. The van der Waals surface area contributed by atoms with Crippen molar-refractivity contribution in [2.75, 3.05) is 13.7 Å². The summed E-state index contributed by atoms with van der Waals surface area (Å²) in [7, 11) is 1.64. The van der Waals surface area contributed by atoms with Crippen molar-refractivity contribution < 1.29 is 9.84 Å². The molecule has 7 heteroatoms. The van der Waals surface area contributed by atoms with Crippen molar-refractivity contribution in [1.82, 2.24) is 14.9 Å². The molecule has 2 N–H and O–H groups in total. The monoisotopic (exact) mass is 427 g/mol. The van der Waals surface area contributed by atoms with Gasteiger partial charge >= 0.3 is 0 Å². The van der Waals surface area contributed by atoms with E-state index in [0.29, 0.717) is 30.3 Å². The van der Waals surface area contributed by atoms with Gasteiger partial charge in [-0.15, -0.1) is 11.3 Å². The lowest BCUT2D eigenvalue weighted by Gasteiger charge is -2.34. The van der Waals surface area contributed by atoms with E-state index in [0.717, 1.165) is 34.5 Å². The molecule has 0 amide bonds. The fourth-order valence-corrected chi connectivity index (χ4v) is 5.36. The molecule has 0 bridgehead atoms. The van der Waals surface area contributed by atoms with Crippen LogP contribution in [0.4, 0.5) is 0 Å². The minimum Gasteiger partial charge on any atom is -0.497 e. The zero-order valence-electron chi connectivity index (χ0n) is 17.6. The predicted molar refractivity (Wildman–Crippen MR) is 121 cm³/mol. The van der Waals surface area contributed by atoms with Crippen LogP contribution in [-0.4, -0.2) is 45.8 Å². The van der Waals surface area contributed by atoms with E-state index in [4.69, 9.17) is 9.72 Å². The third kappa shape index (κ3) is 4.58. The van der Waals surface area contributed by atoms with E-state index < -0.39 is 6.10 Å². The largest absolute Gasteiger partial charge is 0.497 e. The van der Waals surface area contributed by atoms with Crippen LogP contribution in [0.3, 0.4) is 0 Å². The predicted octanol–water partition coefficient (Wildman–Crippen LogP) is 4.18. The van der Waals surface area contributed by atoms with Crippen LogP contribution in [0.1, 0.15) is 44.9 Å². The summed E-state index contributed by atoms with van der Waals surface area (Å²) in [4.78, 5) is 23.8. The van der Waals surface area contributed by atoms with Gasteiger partial charge in [-0.05, 0) is 37.5 Å². The summed E-state index contributed by atoms with van der Waals surface area (Å²) < 4.78 is 5.32. The van der Waals surface area contributed by atoms with Gasteiger partial charge in [0.1, 0.15) is 16.4 Å². The van der Waals surface area contributed by atoms with Crippen LogP contribution < -0.4 is 10.3 Å². The average Bonchev–Trinajstić information content (AvgIpc) is 3.18. The summed E-state index contributed by atoms with van der Waals surface area (Å²) >= 11 is 1.49. The van der Waals surface area contributed by atoms with Crippen molar-refractivity contribution in [3.8, 4) is 16.9 Å². The molecule has 1 aromatic carbocycles. The summed E-state index contributed by atoms with van der Waals surface area (Å²) in [5.74, 6) is 1.42. The van der Waals surface area contributed by atoms with Gasteiger partial charge in [-0.1, -0.05) is 31.4 Å². The number of aliphatic hydroxyl groups excluding tert-OH is 1. The van der Waals surface area contributed by atoms with Gasteiger partial charge in [0.05, 0.1) is 25.1 Å². The molecule has 1 aliphatic rings. The van der Waals surface area contributed by atoms with Crippen LogP contribution in [0.15, 0.2) is 34.4 Å². The maximum Gasteiger partial charge on any atom is 0.260 e. The van der Waals surface area contributed by atoms with Crippen molar-refractivity contribution in [2.24, 2.45) is 0 Å².